The first-order valence-electron chi connectivity index (χ1n) is 13.7. The molecule has 2 amide bonds. The minimum atomic E-state index is -0.227. The predicted octanol–water partition coefficient (Wildman–Crippen LogP) is 4.72. The van der Waals surface area contributed by atoms with Gasteiger partial charge in [0.15, 0.2) is 0 Å². The number of nitrogens with zero attached hydrogens (tertiary/aromatic N) is 3. The van der Waals surface area contributed by atoms with Gasteiger partial charge in [-0.3, -0.25) is 14.6 Å². The first kappa shape index (κ1) is 24.9. The van der Waals surface area contributed by atoms with E-state index < -0.39 is 0 Å². The van der Waals surface area contributed by atoms with Crippen molar-refractivity contribution in [3.05, 3.63) is 66.0 Å². The van der Waals surface area contributed by atoms with E-state index in [4.69, 9.17) is 0 Å². The first-order valence-corrected chi connectivity index (χ1v) is 13.7. The number of hydrogen-bond donors (Lipinski definition) is 1. The highest BCUT2D eigenvalue weighted by Crippen LogP contribution is 2.42. The zero-order valence-corrected chi connectivity index (χ0v) is 21.6. The third kappa shape index (κ3) is 5.34. The van der Waals surface area contributed by atoms with Gasteiger partial charge in [0.1, 0.15) is 0 Å². The van der Waals surface area contributed by atoms with Crippen molar-refractivity contribution in [2.45, 2.75) is 70.9 Å². The van der Waals surface area contributed by atoms with Gasteiger partial charge in [-0.15, -0.1) is 0 Å². The van der Waals surface area contributed by atoms with Crippen molar-refractivity contribution in [1.82, 2.24) is 20.1 Å². The van der Waals surface area contributed by atoms with Gasteiger partial charge in [0, 0.05) is 37.4 Å². The number of amides is 2. The number of hydrogen-bond acceptors (Lipinski definition) is 4. The van der Waals surface area contributed by atoms with Crippen molar-refractivity contribution in [2.24, 2.45) is 10.8 Å². The fourth-order valence-corrected chi connectivity index (χ4v) is 6.46. The summed E-state index contributed by atoms with van der Waals surface area (Å²) in [5.41, 5.74) is 1.86. The van der Waals surface area contributed by atoms with Gasteiger partial charge in [-0.2, -0.15) is 0 Å². The van der Waals surface area contributed by atoms with E-state index >= 15 is 0 Å². The standard InChI is InChI=1S/C30H40N4O2/c1-29(12-5-6-13-29)27(35)32-26(25-9-3-2-4-10-25)11-18-33-19-14-30(15-20-33)16-21-34(28(30)36)23-24-8-7-17-31-22-24/h2-4,7-10,17,22,26H,5-6,11-16,18-21,23H2,1H3,(H,32,35)/t26-/m0/s1. The number of piperidine rings is 1. The van der Waals surface area contributed by atoms with Crippen LogP contribution in [0.25, 0.3) is 0 Å². The summed E-state index contributed by atoms with van der Waals surface area (Å²) in [5, 5.41) is 3.41. The summed E-state index contributed by atoms with van der Waals surface area (Å²) in [6, 6.07) is 14.4. The van der Waals surface area contributed by atoms with Crippen LogP contribution in [0.3, 0.4) is 0 Å². The van der Waals surface area contributed by atoms with E-state index in [1.165, 1.54) is 5.56 Å². The van der Waals surface area contributed by atoms with Gasteiger partial charge in [-0.05, 0) is 68.8 Å². The Hall–Kier alpha value is -2.73. The third-order valence-corrected chi connectivity index (χ3v) is 9.01. The number of benzene rings is 1. The van der Waals surface area contributed by atoms with Gasteiger partial charge < -0.3 is 15.1 Å². The van der Waals surface area contributed by atoms with Crippen molar-refractivity contribution >= 4 is 11.8 Å². The molecule has 5 rings (SSSR count). The molecule has 1 aromatic carbocycles. The highest BCUT2D eigenvalue weighted by Gasteiger charge is 2.48. The molecule has 1 spiro atoms. The van der Waals surface area contributed by atoms with Crippen molar-refractivity contribution in [1.29, 1.82) is 0 Å². The molecule has 192 valence electrons. The van der Waals surface area contributed by atoms with Crippen LogP contribution >= 0.6 is 0 Å². The molecule has 2 saturated heterocycles. The SMILES string of the molecule is CC1(C(=O)N[C@@H](CCN2CCC3(CC2)CCN(Cc2cccnc2)C3=O)c2ccccc2)CCCC1. The number of carbonyl (C=O) groups is 2. The smallest absolute Gasteiger partial charge is 0.229 e. The van der Waals surface area contributed by atoms with E-state index in [0.717, 1.165) is 83.1 Å². The maximum Gasteiger partial charge on any atom is 0.229 e. The molecule has 6 nitrogen and oxygen atoms in total. The van der Waals surface area contributed by atoms with Crippen LogP contribution in [-0.4, -0.2) is 52.8 Å². The Bertz CT molecular complexity index is 1030. The molecule has 2 aromatic rings. The summed E-state index contributed by atoms with van der Waals surface area (Å²) in [5.74, 6) is 0.530. The Morgan fingerprint density at radius 1 is 1.00 bits per heavy atom. The summed E-state index contributed by atoms with van der Waals surface area (Å²) in [6.45, 7) is 6.45. The first-order chi connectivity index (χ1) is 17.5. The van der Waals surface area contributed by atoms with Crippen LogP contribution in [0.15, 0.2) is 54.9 Å². The molecule has 0 bridgehead atoms. The maximum atomic E-state index is 13.4. The monoisotopic (exact) mass is 488 g/mol. The van der Waals surface area contributed by atoms with Crippen molar-refractivity contribution < 1.29 is 9.59 Å². The van der Waals surface area contributed by atoms with Crippen LogP contribution in [-0.2, 0) is 16.1 Å². The molecule has 6 heteroatoms. The molecule has 0 unspecified atom stereocenters. The number of pyridine rings is 1. The van der Waals surface area contributed by atoms with E-state index in [1.807, 2.05) is 29.3 Å². The van der Waals surface area contributed by atoms with Gasteiger partial charge in [0.05, 0.1) is 11.5 Å². The molecule has 3 fully saturated rings. The van der Waals surface area contributed by atoms with Gasteiger partial charge in [0.25, 0.3) is 0 Å². The number of nitrogens with one attached hydrogen (secondary N) is 1. The lowest BCUT2D eigenvalue weighted by Gasteiger charge is -2.38. The number of rotatable bonds is 8. The Labute approximate surface area is 215 Å². The normalized spacial score (nSPS) is 22.1. The number of carbonyl (C=O) groups excluding carboxylic acids is 2. The zero-order valence-electron chi connectivity index (χ0n) is 21.6. The molecule has 1 saturated carbocycles. The lowest BCUT2D eigenvalue weighted by Crippen LogP contribution is -2.45. The number of likely N-dealkylation sites (tertiary alicyclic amines) is 2. The van der Waals surface area contributed by atoms with Crippen molar-refractivity contribution in [2.75, 3.05) is 26.2 Å². The molecule has 36 heavy (non-hydrogen) atoms. The van der Waals surface area contributed by atoms with Crippen LogP contribution in [0.1, 0.15) is 75.5 Å². The summed E-state index contributed by atoms with van der Waals surface area (Å²) >= 11 is 0. The molecule has 1 N–H and O–H groups in total. The number of aromatic nitrogens is 1. The molecule has 0 radical (unpaired) electrons. The second-order valence-corrected chi connectivity index (χ2v) is 11.5. The average molecular weight is 489 g/mol. The maximum absolute atomic E-state index is 13.4. The fourth-order valence-electron chi connectivity index (χ4n) is 6.46. The topological polar surface area (TPSA) is 65.5 Å². The lowest BCUT2D eigenvalue weighted by molar-refractivity contribution is -0.139. The van der Waals surface area contributed by atoms with E-state index in [2.05, 4.69) is 46.4 Å². The molecule has 3 aliphatic rings. The molecular weight excluding hydrogens is 448 g/mol. The van der Waals surface area contributed by atoms with Crippen LogP contribution in [0.4, 0.5) is 0 Å². The largest absolute Gasteiger partial charge is 0.349 e. The van der Waals surface area contributed by atoms with E-state index in [1.54, 1.807) is 6.20 Å². The second kappa shape index (κ2) is 10.7. The third-order valence-electron chi connectivity index (χ3n) is 9.01. The summed E-state index contributed by atoms with van der Waals surface area (Å²) in [6.07, 6.45) is 11.6. The minimum Gasteiger partial charge on any atom is -0.349 e. The van der Waals surface area contributed by atoms with Gasteiger partial charge in [-0.1, -0.05) is 56.2 Å². The van der Waals surface area contributed by atoms with Crippen LogP contribution in [0, 0.1) is 10.8 Å². The van der Waals surface area contributed by atoms with Crippen LogP contribution in [0.5, 0.6) is 0 Å². The molecule has 2 aliphatic heterocycles. The highest BCUT2D eigenvalue weighted by atomic mass is 16.2. The lowest BCUT2D eigenvalue weighted by atomic mass is 9.77. The van der Waals surface area contributed by atoms with Crippen molar-refractivity contribution in [3.8, 4) is 0 Å². The quantitative estimate of drug-likeness (QED) is 0.584. The Morgan fingerprint density at radius 3 is 2.42 bits per heavy atom. The van der Waals surface area contributed by atoms with Gasteiger partial charge in [-0.25, -0.2) is 0 Å². The highest BCUT2D eigenvalue weighted by molar-refractivity contribution is 5.85. The average Bonchev–Trinajstić information content (AvgIpc) is 3.49. The Kier molecular flexibility index (Phi) is 7.42. The minimum absolute atomic E-state index is 0.0232. The van der Waals surface area contributed by atoms with E-state index in [-0.39, 0.29) is 22.8 Å². The van der Waals surface area contributed by atoms with E-state index in [9.17, 15) is 9.59 Å². The van der Waals surface area contributed by atoms with Crippen molar-refractivity contribution in [3.63, 3.8) is 0 Å². The molecule has 1 atom stereocenters. The molecule has 3 heterocycles. The Balaban J connectivity index is 1.16. The van der Waals surface area contributed by atoms with Gasteiger partial charge in [0.2, 0.25) is 11.8 Å². The van der Waals surface area contributed by atoms with Gasteiger partial charge >= 0.3 is 0 Å². The van der Waals surface area contributed by atoms with Crippen LogP contribution in [0.2, 0.25) is 0 Å². The molecule has 1 aromatic heterocycles. The Morgan fingerprint density at radius 2 is 1.72 bits per heavy atom. The fraction of sp³-hybridized carbons (Fsp3) is 0.567. The molecular formula is C30H40N4O2. The van der Waals surface area contributed by atoms with E-state index in [0.29, 0.717) is 12.5 Å². The second-order valence-electron chi connectivity index (χ2n) is 11.5. The van der Waals surface area contributed by atoms with Crippen LogP contribution < -0.4 is 5.32 Å². The predicted molar refractivity (Wildman–Crippen MR) is 141 cm³/mol. The summed E-state index contributed by atoms with van der Waals surface area (Å²) in [7, 11) is 0. The zero-order chi connectivity index (χ0) is 25.0. The summed E-state index contributed by atoms with van der Waals surface area (Å²) < 4.78 is 0. The summed E-state index contributed by atoms with van der Waals surface area (Å²) in [4.78, 5) is 35.3. The molecule has 1 aliphatic carbocycles.